The number of rotatable bonds is 6. The zero-order valence-corrected chi connectivity index (χ0v) is 13.5. The molecule has 2 saturated heterocycles. The van der Waals surface area contributed by atoms with Gasteiger partial charge in [-0.25, -0.2) is 0 Å². The number of carbonyl (C=O) groups is 4. The van der Waals surface area contributed by atoms with Crippen LogP contribution in [-0.2, 0) is 19.2 Å². The van der Waals surface area contributed by atoms with E-state index in [1.165, 1.54) is 9.80 Å². The Morgan fingerprint density at radius 3 is 1.70 bits per heavy atom. The molecule has 1 aliphatic carbocycles. The van der Waals surface area contributed by atoms with E-state index in [2.05, 4.69) is 0 Å². The molecule has 2 atom stereocenters. The van der Waals surface area contributed by atoms with Crippen LogP contribution in [0.25, 0.3) is 0 Å². The Bertz CT molecular complexity index is 491. The summed E-state index contributed by atoms with van der Waals surface area (Å²) in [5.41, 5.74) is 0. The summed E-state index contributed by atoms with van der Waals surface area (Å²) in [6.45, 7) is 0.942. The molecule has 3 fully saturated rings. The molecule has 2 heterocycles. The minimum atomic E-state index is -0.0797. The van der Waals surface area contributed by atoms with Gasteiger partial charge in [-0.05, 0) is 32.1 Å². The molecule has 23 heavy (non-hydrogen) atoms. The molecule has 2 aliphatic heterocycles. The van der Waals surface area contributed by atoms with Gasteiger partial charge in [-0.15, -0.1) is 0 Å². The highest BCUT2D eigenvalue weighted by atomic mass is 16.2. The normalized spacial score (nSPS) is 28.0. The first-order valence-electron chi connectivity index (χ1n) is 8.78. The summed E-state index contributed by atoms with van der Waals surface area (Å²) in [4.78, 5) is 50.4. The first kappa shape index (κ1) is 16.1. The van der Waals surface area contributed by atoms with Gasteiger partial charge in [0, 0.05) is 25.9 Å². The standard InChI is InChI=1S/C17H24N2O4/c20-14-8-9-15(21)18(14)10-4-1-5-11-19-16(22)12-6-2-3-7-13(12)17(19)23/h12-13H,1-11H2. The van der Waals surface area contributed by atoms with Gasteiger partial charge in [0.2, 0.25) is 23.6 Å². The molecule has 3 aliphatic rings. The van der Waals surface area contributed by atoms with Crippen LogP contribution in [0.15, 0.2) is 0 Å². The van der Waals surface area contributed by atoms with Crippen LogP contribution in [0.3, 0.4) is 0 Å². The van der Waals surface area contributed by atoms with Crippen LogP contribution in [-0.4, -0.2) is 46.5 Å². The molecular formula is C17H24N2O4. The van der Waals surface area contributed by atoms with Gasteiger partial charge in [0.25, 0.3) is 0 Å². The highest BCUT2D eigenvalue weighted by molar-refractivity contribution is 6.05. The van der Waals surface area contributed by atoms with Gasteiger partial charge in [-0.2, -0.15) is 0 Å². The number of hydrogen-bond acceptors (Lipinski definition) is 4. The minimum Gasteiger partial charge on any atom is -0.283 e. The van der Waals surface area contributed by atoms with Gasteiger partial charge in [-0.1, -0.05) is 12.8 Å². The molecule has 0 aromatic rings. The third-order valence-electron chi connectivity index (χ3n) is 5.35. The second-order valence-corrected chi connectivity index (χ2v) is 6.83. The molecule has 3 rings (SSSR count). The number of hydrogen-bond donors (Lipinski definition) is 0. The van der Waals surface area contributed by atoms with E-state index in [1.54, 1.807) is 0 Å². The smallest absolute Gasteiger partial charge is 0.233 e. The fourth-order valence-corrected chi connectivity index (χ4v) is 4.04. The van der Waals surface area contributed by atoms with Crippen LogP contribution < -0.4 is 0 Å². The summed E-state index contributed by atoms with van der Waals surface area (Å²) < 4.78 is 0. The van der Waals surface area contributed by atoms with Crippen molar-refractivity contribution in [3.8, 4) is 0 Å². The third-order valence-corrected chi connectivity index (χ3v) is 5.35. The Labute approximate surface area is 136 Å². The van der Waals surface area contributed by atoms with E-state index in [0.717, 1.165) is 44.9 Å². The molecule has 0 bridgehead atoms. The van der Waals surface area contributed by atoms with E-state index in [4.69, 9.17) is 0 Å². The van der Waals surface area contributed by atoms with E-state index >= 15 is 0 Å². The molecule has 0 spiro atoms. The fourth-order valence-electron chi connectivity index (χ4n) is 4.04. The van der Waals surface area contributed by atoms with E-state index in [1.807, 2.05) is 0 Å². The van der Waals surface area contributed by atoms with Crippen molar-refractivity contribution in [3.63, 3.8) is 0 Å². The summed E-state index contributed by atoms with van der Waals surface area (Å²) in [5, 5.41) is 0. The van der Waals surface area contributed by atoms with Gasteiger partial charge < -0.3 is 0 Å². The lowest BCUT2D eigenvalue weighted by Gasteiger charge is -2.19. The average molecular weight is 320 g/mol. The van der Waals surface area contributed by atoms with Gasteiger partial charge in [0.1, 0.15) is 0 Å². The second kappa shape index (κ2) is 6.81. The predicted molar refractivity (Wildman–Crippen MR) is 82.0 cm³/mol. The molecule has 4 amide bonds. The van der Waals surface area contributed by atoms with Gasteiger partial charge in [0.15, 0.2) is 0 Å². The summed E-state index contributed by atoms with van der Waals surface area (Å²) >= 11 is 0. The van der Waals surface area contributed by atoms with Crippen molar-refractivity contribution < 1.29 is 19.2 Å². The maximum absolute atomic E-state index is 12.3. The summed E-state index contributed by atoms with van der Waals surface area (Å²) in [7, 11) is 0. The average Bonchev–Trinajstić information content (AvgIpc) is 3.00. The number of likely N-dealkylation sites (tertiary alicyclic amines) is 2. The van der Waals surface area contributed by atoms with Gasteiger partial charge in [-0.3, -0.25) is 29.0 Å². The van der Waals surface area contributed by atoms with Crippen molar-refractivity contribution in [3.05, 3.63) is 0 Å². The number of fused-ring (bicyclic) bond motifs is 1. The van der Waals surface area contributed by atoms with Crippen molar-refractivity contribution in [1.29, 1.82) is 0 Å². The zero-order chi connectivity index (χ0) is 16.4. The molecule has 0 N–H and O–H groups in total. The molecule has 0 aromatic heterocycles. The Morgan fingerprint density at radius 1 is 0.696 bits per heavy atom. The molecule has 2 unspecified atom stereocenters. The van der Waals surface area contributed by atoms with E-state index in [-0.39, 0.29) is 35.5 Å². The monoisotopic (exact) mass is 320 g/mol. The number of unbranched alkanes of at least 4 members (excludes halogenated alkanes) is 2. The molecule has 6 nitrogen and oxygen atoms in total. The van der Waals surface area contributed by atoms with E-state index in [0.29, 0.717) is 25.9 Å². The lowest BCUT2D eigenvalue weighted by Crippen LogP contribution is -2.32. The molecule has 0 aromatic carbocycles. The molecule has 6 heteroatoms. The summed E-state index contributed by atoms with van der Waals surface area (Å²) in [5.74, 6) is -0.269. The van der Waals surface area contributed by atoms with Crippen LogP contribution >= 0.6 is 0 Å². The predicted octanol–water partition coefficient (Wildman–Crippen LogP) is 1.48. The Hall–Kier alpha value is -1.72. The van der Waals surface area contributed by atoms with Crippen molar-refractivity contribution >= 4 is 23.6 Å². The second-order valence-electron chi connectivity index (χ2n) is 6.83. The topological polar surface area (TPSA) is 74.8 Å². The van der Waals surface area contributed by atoms with Crippen LogP contribution in [0, 0.1) is 11.8 Å². The van der Waals surface area contributed by atoms with Crippen LogP contribution in [0.2, 0.25) is 0 Å². The third kappa shape index (κ3) is 3.16. The Balaban J connectivity index is 1.40. The largest absolute Gasteiger partial charge is 0.283 e. The lowest BCUT2D eigenvalue weighted by atomic mass is 9.81. The molecule has 1 saturated carbocycles. The SMILES string of the molecule is O=C1CCC(=O)N1CCCCCN1C(=O)C2CCCCC2C1=O. The maximum atomic E-state index is 12.3. The lowest BCUT2D eigenvalue weighted by molar-refractivity contribution is -0.140. The first-order chi connectivity index (χ1) is 11.1. The van der Waals surface area contributed by atoms with Crippen LogP contribution in [0.1, 0.15) is 57.8 Å². The van der Waals surface area contributed by atoms with Gasteiger partial charge >= 0.3 is 0 Å². The fraction of sp³-hybridized carbons (Fsp3) is 0.765. The molecular weight excluding hydrogens is 296 g/mol. The van der Waals surface area contributed by atoms with Crippen LogP contribution in [0.4, 0.5) is 0 Å². The number of carbonyl (C=O) groups excluding carboxylic acids is 4. The maximum Gasteiger partial charge on any atom is 0.233 e. The zero-order valence-electron chi connectivity index (χ0n) is 13.5. The molecule has 0 radical (unpaired) electrons. The molecule has 126 valence electrons. The van der Waals surface area contributed by atoms with E-state index < -0.39 is 0 Å². The minimum absolute atomic E-state index is 0.0181. The number of nitrogens with zero attached hydrogens (tertiary/aromatic N) is 2. The Kier molecular flexibility index (Phi) is 4.78. The highest BCUT2D eigenvalue weighted by Crippen LogP contribution is 2.38. The van der Waals surface area contributed by atoms with Crippen molar-refractivity contribution in [2.24, 2.45) is 11.8 Å². The van der Waals surface area contributed by atoms with Crippen molar-refractivity contribution in [2.45, 2.75) is 57.8 Å². The van der Waals surface area contributed by atoms with E-state index in [9.17, 15) is 19.2 Å². The van der Waals surface area contributed by atoms with Crippen LogP contribution in [0.5, 0.6) is 0 Å². The first-order valence-corrected chi connectivity index (χ1v) is 8.78. The van der Waals surface area contributed by atoms with Crippen molar-refractivity contribution in [2.75, 3.05) is 13.1 Å². The summed E-state index contributed by atoms with van der Waals surface area (Å²) in [6, 6.07) is 0. The number of amides is 4. The van der Waals surface area contributed by atoms with Gasteiger partial charge in [0.05, 0.1) is 11.8 Å². The quantitative estimate of drug-likeness (QED) is 0.549. The Morgan fingerprint density at radius 2 is 1.17 bits per heavy atom. The van der Waals surface area contributed by atoms with Crippen molar-refractivity contribution in [1.82, 2.24) is 9.80 Å². The summed E-state index contributed by atoms with van der Waals surface area (Å²) in [6.07, 6.45) is 6.75. The highest BCUT2D eigenvalue weighted by Gasteiger charge is 2.47. The number of imide groups is 2.